The number of aryl methyl sites for hydroxylation is 2. The molecule has 0 fully saturated rings. The predicted molar refractivity (Wildman–Crippen MR) is 130 cm³/mol. The Hall–Kier alpha value is -1.47. The van der Waals surface area contributed by atoms with E-state index in [0.717, 1.165) is 45.0 Å². The highest BCUT2D eigenvalue weighted by atomic mass is 79.9. The van der Waals surface area contributed by atoms with Crippen molar-refractivity contribution in [2.24, 2.45) is 0 Å². The summed E-state index contributed by atoms with van der Waals surface area (Å²) < 4.78 is 1.93. The Morgan fingerprint density at radius 1 is 1.10 bits per heavy atom. The molecule has 0 N–H and O–H groups in total. The predicted octanol–water partition coefficient (Wildman–Crippen LogP) is 6.09. The molecule has 156 valence electrons. The van der Waals surface area contributed by atoms with Gasteiger partial charge in [0, 0.05) is 17.6 Å². The summed E-state index contributed by atoms with van der Waals surface area (Å²) >= 11 is 5.12. The quantitative estimate of drug-likeness (QED) is 0.397. The molecule has 0 unspecified atom stereocenters. The van der Waals surface area contributed by atoms with Crippen molar-refractivity contribution in [2.75, 3.05) is 31.1 Å². The Bertz CT molecular complexity index is 987. The molecule has 0 aliphatic carbocycles. The van der Waals surface area contributed by atoms with Crippen molar-refractivity contribution in [3.63, 3.8) is 0 Å². The van der Waals surface area contributed by atoms with Crippen LogP contribution in [0.5, 0.6) is 0 Å². The van der Waals surface area contributed by atoms with Crippen molar-refractivity contribution < 1.29 is 4.79 Å². The van der Waals surface area contributed by atoms with Crippen LogP contribution in [0.2, 0.25) is 0 Å². The van der Waals surface area contributed by atoms with Crippen LogP contribution in [0.15, 0.2) is 40.9 Å². The molecule has 1 heterocycles. The molecule has 0 saturated heterocycles. The minimum Gasteiger partial charge on any atom is -0.302 e. The third kappa shape index (κ3) is 5.37. The van der Waals surface area contributed by atoms with E-state index in [1.165, 1.54) is 5.56 Å². The second kappa shape index (κ2) is 10.5. The summed E-state index contributed by atoms with van der Waals surface area (Å²) in [7, 11) is 0. The van der Waals surface area contributed by atoms with E-state index in [4.69, 9.17) is 4.98 Å². The minimum absolute atomic E-state index is 0. The molecule has 2 aromatic carbocycles. The Morgan fingerprint density at radius 2 is 1.79 bits per heavy atom. The smallest absolute Gasteiger partial charge is 0.261 e. The number of nitrogens with zero attached hydrogens (tertiary/aromatic N) is 3. The minimum atomic E-state index is -0.0203. The molecule has 0 spiro atoms. The number of hydrogen-bond acceptors (Lipinski definition) is 4. The topological polar surface area (TPSA) is 36.4 Å². The maximum Gasteiger partial charge on any atom is 0.261 e. The molecule has 0 atom stereocenters. The summed E-state index contributed by atoms with van der Waals surface area (Å²) in [6.45, 7) is 11.8. The fraction of sp³-hybridized carbons (Fsp3) is 0.364. The van der Waals surface area contributed by atoms with Gasteiger partial charge in [-0.3, -0.25) is 9.69 Å². The van der Waals surface area contributed by atoms with Gasteiger partial charge in [0.2, 0.25) is 0 Å². The molecular weight excluding hydrogens is 470 g/mol. The Kier molecular flexibility index (Phi) is 8.64. The number of aromatic nitrogens is 1. The number of halogens is 2. The van der Waals surface area contributed by atoms with Crippen LogP contribution in [-0.2, 0) is 0 Å². The molecule has 1 amide bonds. The highest BCUT2D eigenvalue weighted by Crippen LogP contribution is 2.33. The molecule has 29 heavy (non-hydrogen) atoms. The normalized spacial score (nSPS) is 11.0. The Labute approximate surface area is 191 Å². The molecular formula is C22H27BrClN3OS. The molecule has 1 aromatic heterocycles. The first-order chi connectivity index (χ1) is 13.4. The molecule has 0 aliphatic heterocycles. The number of carbonyl (C=O) groups excluding carboxylic acids is 1. The van der Waals surface area contributed by atoms with Crippen LogP contribution in [0, 0.1) is 13.8 Å². The number of hydrogen-bond donors (Lipinski definition) is 0. The summed E-state index contributed by atoms with van der Waals surface area (Å²) in [5.41, 5.74) is 4.01. The van der Waals surface area contributed by atoms with Gasteiger partial charge in [0.1, 0.15) is 0 Å². The van der Waals surface area contributed by atoms with Crippen molar-refractivity contribution in [1.82, 2.24) is 9.88 Å². The third-order valence-electron chi connectivity index (χ3n) is 4.93. The summed E-state index contributed by atoms with van der Waals surface area (Å²) in [6.07, 6.45) is 0. The van der Waals surface area contributed by atoms with Gasteiger partial charge in [0.25, 0.3) is 5.91 Å². The van der Waals surface area contributed by atoms with Gasteiger partial charge in [-0.25, -0.2) is 4.98 Å². The highest BCUT2D eigenvalue weighted by molar-refractivity contribution is 9.10. The zero-order valence-electron chi connectivity index (χ0n) is 17.2. The number of rotatable bonds is 7. The molecule has 0 saturated carbocycles. The fourth-order valence-electron chi connectivity index (χ4n) is 3.32. The lowest BCUT2D eigenvalue weighted by molar-refractivity contribution is 0.0983. The standard InChI is InChI=1S/C22H26BrN3OS.ClH/c1-5-25(6-2)11-12-26(21(27)17-9-7-8-10-18(17)23)22-24-20-16(4)13-15(3)14-19(20)28-22;/h7-10,13-14H,5-6,11-12H2,1-4H3;1H. The molecule has 0 bridgehead atoms. The van der Waals surface area contributed by atoms with Gasteiger partial charge < -0.3 is 4.90 Å². The van der Waals surface area contributed by atoms with E-state index in [0.29, 0.717) is 12.1 Å². The lowest BCUT2D eigenvalue weighted by Crippen LogP contribution is -2.39. The monoisotopic (exact) mass is 495 g/mol. The van der Waals surface area contributed by atoms with Gasteiger partial charge in [0.15, 0.2) is 5.13 Å². The number of likely N-dealkylation sites (N-methyl/N-ethyl adjacent to an activating group) is 1. The van der Waals surface area contributed by atoms with Crippen molar-refractivity contribution in [3.05, 3.63) is 57.6 Å². The zero-order chi connectivity index (χ0) is 20.3. The number of benzene rings is 2. The van der Waals surface area contributed by atoms with Crippen LogP contribution in [0.3, 0.4) is 0 Å². The van der Waals surface area contributed by atoms with Crippen LogP contribution >= 0.6 is 39.7 Å². The third-order valence-corrected chi connectivity index (χ3v) is 6.65. The Morgan fingerprint density at radius 3 is 2.45 bits per heavy atom. The van der Waals surface area contributed by atoms with Gasteiger partial charge >= 0.3 is 0 Å². The van der Waals surface area contributed by atoms with Crippen LogP contribution in [0.25, 0.3) is 10.2 Å². The molecule has 0 aliphatic rings. The van der Waals surface area contributed by atoms with Gasteiger partial charge in [-0.2, -0.15) is 0 Å². The van der Waals surface area contributed by atoms with E-state index < -0.39 is 0 Å². The van der Waals surface area contributed by atoms with Crippen LogP contribution in [-0.4, -0.2) is 42.0 Å². The maximum atomic E-state index is 13.4. The van der Waals surface area contributed by atoms with E-state index in [1.54, 1.807) is 11.3 Å². The van der Waals surface area contributed by atoms with Gasteiger partial charge in [-0.05, 0) is 72.2 Å². The van der Waals surface area contributed by atoms with Gasteiger partial charge in [-0.15, -0.1) is 12.4 Å². The molecule has 3 aromatic rings. The fourth-order valence-corrected chi connectivity index (χ4v) is 4.94. The Balaban J connectivity index is 0.00000300. The van der Waals surface area contributed by atoms with Crippen LogP contribution in [0.1, 0.15) is 35.3 Å². The summed E-state index contributed by atoms with van der Waals surface area (Å²) in [6, 6.07) is 11.9. The number of amides is 1. The van der Waals surface area contributed by atoms with Crippen molar-refractivity contribution in [3.8, 4) is 0 Å². The molecule has 0 radical (unpaired) electrons. The lowest BCUT2D eigenvalue weighted by Gasteiger charge is -2.25. The molecule has 4 nitrogen and oxygen atoms in total. The van der Waals surface area contributed by atoms with E-state index in [-0.39, 0.29) is 18.3 Å². The summed E-state index contributed by atoms with van der Waals surface area (Å²) in [4.78, 5) is 22.4. The summed E-state index contributed by atoms with van der Waals surface area (Å²) in [5, 5.41) is 0.761. The van der Waals surface area contributed by atoms with E-state index >= 15 is 0 Å². The van der Waals surface area contributed by atoms with E-state index in [1.807, 2.05) is 29.2 Å². The first-order valence-electron chi connectivity index (χ1n) is 9.61. The van der Waals surface area contributed by atoms with Crippen LogP contribution in [0.4, 0.5) is 5.13 Å². The lowest BCUT2D eigenvalue weighted by atomic mass is 10.1. The highest BCUT2D eigenvalue weighted by Gasteiger charge is 2.23. The first-order valence-corrected chi connectivity index (χ1v) is 11.2. The van der Waals surface area contributed by atoms with Crippen molar-refractivity contribution in [1.29, 1.82) is 0 Å². The number of anilines is 1. The maximum absolute atomic E-state index is 13.4. The zero-order valence-corrected chi connectivity index (χ0v) is 20.5. The average Bonchev–Trinajstić information content (AvgIpc) is 3.09. The van der Waals surface area contributed by atoms with Gasteiger partial charge in [0.05, 0.1) is 15.8 Å². The van der Waals surface area contributed by atoms with Crippen molar-refractivity contribution >= 4 is 60.9 Å². The number of thiazole rings is 1. The largest absolute Gasteiger partial charge is 0.302 e. The van der Waals surface area contributed by atoms with Crippen molar-refractivity contribution in [2.45, 2.75) is 27.7 Å². The average molecular weight is 497 g/mol. The number of fused-ring (bicyclic) bond motifs is 1. The second-order valence-electron chi connectivity index (χ2n) is 6.89. The second-order valence-corrected chi connectivity index (χ2v) is 8.75. The SMILES string of the molecule is CCN(CC)CCN(C(=O)c1ccccc1Br)c1nc2c(C)cc(C)cc2s1.Cl. The molecule has 3 rings (SSSR count). The molecule has 7 heteroatoms. The van der Waals surface area contributed by atoms with Crippen LogP contribution < -0.4 is 4.90 Å². The first kappa shape index (κ1) is 23.8. The van der Waals surface area contributed by atoms with E-state index in [9.17, 15) is 4.79 Å². The van der Waals surface area contributed by atoms with Gasteiger partial charge in [-0.1, -0.05) is 43.4 Å². The number of carbonyl (C=O) groups is 1. The van der Waals surface area contributed by atoms with E-state index in [2.05, 4.69) is 60.7 Å². The summed E-state index contributed by atoms with van der Waals surface area (Å²) in [5.74, 6) is -0.0203.